The largest absolute Gasteiger partial charge is 0.481 e. The third-order valence-corrected chi connectivity index (χ3v) is 1.61. The van der Waals surface area contributed by atoms with Gasteiger partial charge in [0.15, 0.2) is 0 Å². The third-order valence-electron chi connectivity index (χ3n) is 1.61. The zero-order chi connectivity index (χ0) is 7.56. The molecule has 0 bridgehead atoms. The number of carboxylic acids is 1. The van der Waals surface area contributed by atoms with Crippen LogP contribution in [-0.2, 0) is 4.79 Å². The lowest BCUT2D eigenvalue weighted by atomic mass is 10.0. The van der Waals surface area contributed by atoms with Gasteiger partial charge in [0.05, 0.1) is 18.3 Å². The van der Waals surface area contributed by atoms with E-state index in [0.717, 1.165) is 0 Å². The molecule has 0 aromatic carbocycles. The first-order valence-electron chi connectivity index (χ1n) is 3.21. The molecule has 0 spiro atoms. The van der Waals surface area contributed by atoms with Crippen LogP contribution in [0, 0.1) is 5.92 Å². The maximum absolute atomic E-state index is 10.4. The Morgan fingerprint density at radius 2 is 2.36 bits per heavy atom. The lowest BCUT2D eigenvalue weighted by Crippen LogP contribution is -2.26. The highest BCUT2D eigenvalue weighted by molar-refractivity contribution is 5.85. The fourth-order valence-electron chi connectivity index (χ4n) is 0.921. The Morgan fingerprint density at radius 1 is 1.73 bits per heavy atom. The van der Waals surface area contributed by atoms with Crippen LogP contribution in [0.5, 0.6) is 0 Å². The van der Waals surface area contributed by atoms with E-state index in [9.17, 15) is 4.79 Å². The molecule has 1 aliphatic rings. The van der Waals surface area contributed by atoms with Gasteiger partial charge >= 0.3 is 5.97 Å². The number of carbonyl (C=O) groups is 1. The summed E-state index contributed by atoms with van der Waals surface area (Å²) >= 11 is 0. The molecule has 1 rings (SSSR count). The minimum atomic E-state index is -0.767. The zero-order valence-electron chi connectivity index (χ0n) is 5.99. The lowest BCUT2D eigenvalue weighted by molar-refractivity contribution is -0.141. The Morgan fingerprint density at radius 3 is 2.73 bits per heavy atom. The maximum atomic E-state index is 10.4. The summed E-state index contributed by atoms with van der Waals surface area (Å²) in [7, 11) is 0. The number of nitrogens with two attached hydrogens (primary N) is 1. The first-order valence-corrected chi connectivity index (χ1v) is 3.21. The van der Waals surface area contributed by atoms with E-state index >= 15 is 0 Å². The highest BCUT2D eigenvalue weighted by Crippen LogP contribution is 2.11. The van der Waals surface area contributed by atoms with E-state index in [0.29, 0.717) is 25.2 Å². The van der Waals surface area contributed by atoms with E-state index in [2.05, 4.69) is 4.99 Å². The maximum Gasteiger partial charge on any atom is 0.308 e. The Hall–Kier alpha value is -0.770. The van der Waals surface area contributed by atoms with Crippen LogP contribution in [0.25, 0.3) is 0 Å². The Bertz CT molecular complexity index is 181. The number of hydrogen-bond donors (Lipinski definition) is 2. The van der Waals surface area contributed by atoms with Crippen LogP contribution in [0.15, 0.2) is 4.99 Å². The molecule has 0 radical (unpaired) electrons. The van der Waals surface area contributed by atoms with Gasteiger partial charge in [0, 0.05) is 6.42 Å². The van der Waals surface area contributed by atoms with Gasteiger partial charge in [-0.25, -0.2) is 0 Å². The fraction of sp³-hybridized carbons (Fsp3) is 0.667. The molecular formula is C6H11ClN2O2. The van der Waals surface area contributed by atoms with E-state index in [1.165, 1.54) is 0 Å². The first-order chi connectivity index (χ1) is 4.70. The standard InChI is InChI=1S/C6H10N2O2.ClH/c7-5-2-1-4(3-8-5)6(9)10;/h4H,1-3H2,(H2,7,8)(H,9,10);1H. The Labute approximate surface area is 70.9 Å². The second-order valence-electron chi connectivity index (χ2n) is 2.41. The number of hydrogen-bond acceptors (Lipinski definition) is 3. The summed E-state index contributed by atoms with van der Waals surface area (Å²) in [6.07, 6.45) is 1.25. The number of rotatable bonds is 1. The van der Waals surface area contributed by atoms with Crippen LogP contribution in [-0.4, -0.2) is 23.5 Å². The van der Waals surface area contributed by atoms with Crippen LogP contribution in [0.2, 0.25) is 0 Å². The molecule has 1 heterocycles. The number of nitrogens with zero attached hydrogens (tertiary/aromatic N) is 1. The van der Waals surface area contributed by atoms with Gasteiger partial charge in [0.1, 0.15) is 0 Å². The number of amidine groups is 1. The van der Waals surface area contributed by atoms with Crippen molar-refractivity contribution in [1.29, 1.82) is 0 Å². The average Bonchev–Trinajstić information content (AvgIpc) is 1.88. The summed E-state index contributed by atoms with van der Waals surface area (Å²) in [5.41, 5.74) is 5.35. The van der Waals surface area contributed by atoms with Crippen molar-refractivity contribution in [3.8, 4) is 0 Å². The number of halogens is 1. The summed E-state index contributed by atoms with van der Waals surface area (Å²) in [5.74, 6) is -0.499. The quantitative estimate of drug-likeness (QED) is 0.605. The summed E-state index contributed by atoms with van der Waals surface area (Å²) in [6, 6.07) is 0. The highest BCUT2D eigenvalue weighted by Gasteiger charge is 2.20. The fourth-order valence-corrected chi connectivity index (χ4v) is 0.921. The van der Waals surface area contributed by atoms with Crippen molar-refractivity contribution in [3.05, 3.63) is 0 Å². The van der Waals surface area contributed by atoms with Gasteiger partial charge in [-0.3, -0.25) is 9.79 Å². The van der Waals surface area contributed by atoms with Crippen LogP contribution in [0.1, 0.15) is 12.8 Å². The molecule has 0 saturated carbocycles. The van der Waals surface area contributed by atoms with Gasteiger partial charge in [-0.1, -0.05) is 0 Å². The molecule has 3 N–H and O–H groups in total. The Balaban J connectivity index is 0.000001000. The SMILES string of the molecule is Cl.NC1=NCC(C(=O)O)CC1. The van der Waals surface area contributed by atoms with Crippen LogP contribution in [0.3, 0.4) is 0 Å². The van der Waals surface area contributed by atoms with E-state index in [1.807, 2.05) is 0 Å². The second kappa shape index (κ2) is 4.18. The first kappa shape index (κ1) is 10.2. The Kier molecular flexibility index (Phi) is 3.89. The predicted molar refractivity (Wildman–Crippen MR) is 44.1 cm³/mol. The van der Waals surface area contributed by atoms with Crippen molar-refractivity contribution in [2.24, 2.45) is 16.6 Å². The molecule has 1 unspecified atom stereocenters. The normalized spacial score (nSPS) is 23.3. The number of carboxylic acid groups (broad SMARTS) is 1. The van der Waals surface area contributed by atoms with E-state index in [-0.39, 0.29) is 18.3 Å². The molecule has 0 aromatic rings. The van der Waals surface area contributed by atoms with Crippen molar-refractivity contribution < 1.29 is 9.90 Å². The minimum absolute atomic E-state index is 0. The predicted octanol–water partition coefficient (Wildman–Crippen LogP) is 0.260. The molecule has 0 aromatic heterocycles. The molecule has 1 aliphatic heterocycles. The van der Waals surface area contributed by atoms with Crippen molar-refractivity contribution >= 4 is 24.2 Å². The molecular weight excluding hydrogens is 168 g/mol. The molecule has 0 fully saturated rings. The molecule has 0 saturated heterocycles. The number of aliphatic carboxylic acids is 1. The molecule has 4 nitrogen and oxygen atoms in total. The van der Waals surface area contributed by atoms with Gasteiger partial charge < -0.3 is 10.8 Å². The van der Waals surface area contributed by atoms with Crippen molar-refractivity contribution in [1.82, 2.24) is 0 Å². The van der Waals surface area contributed by atoms with Gasteiger partial charge in [-0.15, -0.1) is 12.4 Å². The molecule has 1 atom stereocenters. The van der Waals surface area contributed by atoms with E-state index in [4.69, 9.17) is 10.8 Å². The summed E-state index contributed by atoms with van der Waals surface area (Å²) < 4.78 is 0. The van der Waals surface area contributed by atoms with Gasteiger partial charge in [-0.05, 0) is 6.42 Å². The smallest absolute Gasteiger partial charge is 0.308 e. The molecule has 64 valence electrons. The van der Waals surface area contributed by atoms with Gasteiger partial charge in [-0.2, -0.15) is 0 Å². The van der Waals surface area contributed by atoms with Crippen molar-refractivity contribution in [2.75, 3.05) is 6.54 Å². The summed E-state index contributed by atoms with van der Waals surface area (Å²) in [4.78, 5) is 14.2. The van der Waals surface area contributed by atoms with E-state index < -0.39 is 5.97 Å². The molecule has 11 heavy (non-hydrogen) atoms. The molecule has 0 amide bonds. The lowest BCUT2D eigenvalue weighted by Gasteiger charge is -2.14. The molecule has 0 aliphatic carbocycles. The monoisotopic (exact) mass is 178 g/mol. The minimum Gasteiger partial charge on any atom is -0.481 e. The van der Waals surface area contributed by atoms with Crippen LogP contribution < -0.4 is 5.73 Å². The highest BCUT2D eigenvalue weighted by atomic mass is 35.5. The third kappa shape index (κ3) is 2.76. The summed E-state index contributed by atoms with van der Waals surface area (Å²) in [6.45, 7) is 0.348. The topological polar surface area (TPSA) is 75.7 Å². The average molecular weight is 179 g/mol. The number of aliphatic imine (C=N–C) groups is 1. The van der Waals surface area contributed by atoms with Gasteiger partial charge in [0.2, 0.25) is 0 Å². The second-order valence-corrected chi connectivity index (χ2v) is 2.41. The molecule has 5 heteroatoms. The summed E-state index contributed by atoms with van der Waals surface area (Å²) in [5, 5.41) is 8.51. The van der Waals surface area contributed by atoms with E-state index in [1.54, 1.807) is 0 Å². The van der Waals surface area contributed by atoms with Crippen LogP contribution in [0.4, 0.5) is 0 Å². The zero-order valence-corrected chi connectivity index (χ0v) is 6.80. The van der Waals surface area contributed by atoms with Crippen molar-refractivity contribution in [2.45, 2.75) is 12.8 Å². The van der Waals surface area contributed by atoms with Crippen LogP contribution >= 0.6 is 12.4 Å². The van der Waals surface area contributed by atoms with Gasteiger partial charge in [0.25, 0.3) is 0 Å². The van der Waals surface area contributed by atoms with Crippen molar-refractivity contribution in [3.63, 3.8) is 0 Å².